The van der Waals surface area contributed by atoms with Gasteiger partial charge in [-0.2, -0.15) is 31.6 Å². The van der Waals surface area contributed by atoms with Crippen LogP contribution in [0.3, 0.4) is 0 Å². The Morgan fingerprint density at radius 1 is 1.13 bits per heavy atom. The lowest BCUT2D eigenvalue weighted by Crippen LogP contribution is -2.40. The first-order chi connectivity index (χ1) is 18.1. The predicted molar refractivity (Wildman–Crippen MR) is 125 cm³/mol. The van der Waals surface area contributed by atoms with Gasteiger partial charge in [0.1, 0.15) is 11.8 Å². The third-order valence-corrected chi connectivity index (χ3v) is 7.36. The van der Waals surface area contributed by atoms with Crippen molar-refractivity contribution in [2.24, 2.45) is 0 Å². The van der Waals surface area contributed by atoms with Crippen LogP contribution in [0, 0.1) is 18.3 Å². The Hall–Kier alpha value is -4.12. The topological polar surface area (TPSA) is 103 Å². The van der Waals surface area contributed by atoms with Crippen molar-refractivity contribution < 1.29 is 36.2 Å². The van der Waals surface area contributed by atoms with E-state index < -0.39 is 58.9 Å². The molecule has 0 spiro atoms. The summed E-state index contributed by atoms with van der Waals surface area (Å²) < 4.78 is 81.5. The number of nitrogens with one attached hydrogen (secondary N) is 1. The van der Waals surface area contributed by atoms with Gasteiger partial charge < -0.3 is 15.3 Å². The number of benzene rings is 2. The number of imidazole rings is 1. The van der Waals surface area contributed by atoms with Gasteiger partial charge in [-0.25, -0.2) is 14.2 Å². The van der Waals surface area contributed by atoms with Gasteiger partial charge in [0.25, 0.3) is 0 Å². The number of fused-ring (bicyclic) bond motifs is 5. The molecule has 2 aliphatic rings. The van der Waals surface area contributed by atoms with E-state index in [0.717, 1.165) is 9.47 Å². The van der Waals surface area contributed by atoms with Gasteiger partial charge in [0.05, 0.1) is 39.5 Å². The number of alkyl halides is 6. The number of halogens is 7. The van der Waals surface area contributed by atoms with Gasteiger partial charge >= 0.3 is 24.1 Å². The van der Waals surface area contributed by atoms with E-state index in [1.807, 2.05) is 6.07 Å². The Kier molecular flexibility index (Phi) is 5.91. The van der Waals surface area contributed by atoms with Crippen molar-refractivity contribution in [3.63, 3.8) is 0 Å². The van der Waals surface area contributed by atoms with E-state index in [1.165, 1.54) is 16.7 Å². The summed E-state index contributed by atoms with van der Waals surface area (Å²) in [5, 5.41) is 22.4. The van der Waals surface area contributed by atoms with Crippen LogP contribution in [-0.4, -0.2) is 31.7 Å². The number of carbonyl (C=O) groups is 1. The van der Waals surface area contributed by atoms with Crippen LogP contribution >= 0.6 is 11.6 Å². The molecule has 2 amide bonds. The predicted octanol–water partition coefficient (Wildman–Crippen LogP) is 5.75. The number of urea groups is 1. The van der Waals surface area contributed by atoms with Gasteiger partial charge in [0.15, 0.2) is 0 Å². The highest BCUT2D eigenvalue weighted by atomic mass is 35.5. The van der Waals surface area contributed by atoms with E-state index in [4.69, 9.17) is 11.6 Å². The summed E-state index contributed by atoms with van der Waals surface area (Å²) in [6.45, 7) is 1.47. The summed E-state index contributed by atoms with van der Waals surface area (Å²) in [4.78, 5) is 27.4. The number of aromatic nitrogens is 2. The molecule has 2 aliphatic heterocycles. The van der Waals surface area contributed by atoms with Crippen molar-refractivity contribution in [3.05, 3.63) is 73.8 Å². The maximum Gasteiger partial charge on any atom is 0.416 e. The zero-order chi connectivity index (χ0) is 28.6. The average molecular weight is 572 g/mol. The lowest BCUT2D eigenvalue weighted by molar-refractivity contribution is -0.143. The second kappa shape index (κ2) is 8.70. The second-order valence-corrected chi connectivity index (χ2v) is 9.54. The quantitative estimate of drug-likeness (QED) is 0.382. The van der Waals surface area contributed by atoms with Crippen molar-refractivity contribution >= 4 is 23.3 Å². The summed E-state index contributed by atoms with van der Waals surface area (Å²) in [5.41, 5.74) is -3.77. The second-order valence-electron chi connectivity index (χ2n) is 9.16. The summed E-state index contributed by atoms with van der Waals surface area (Å²) in [6, 6.07) is 2.95. The highest BCUT2D eigenvalue weighted by Crippen LogP contribution is 2.49. The lowest BCUT2D eigenvalue weighted by Gasteiger charge is -2.28. The number of aromatic hydroxyl groups is 1. The molecule has 0 unspecified atom stereocenters. The Bertz CT molecular complexity index is 1600. The van der Waals surface area contributed by atoms with Crippen LogP contribution in [0.25, 0.3) is 5.69 Å². The first kappa shape index (κ1) is 26.5. The molecule has 2 bridgehead atoms. The van der Waals surface area contributed by atoms with Gasteiger partial charge in [-0.1, -0.05) is 11.6 Å². The Morgan fingerprint density at radius 2 is 1.74 bits per heavy atom. The standard InChI is InChI=1S/C24H16ClF6N5O3/c1-10-16(3-2-11(8-32)18(10)25)36-20(37)19-17-7-15(35(19)22(36)39)9-34(17)21(38)33-14-5-12(23(26,27)28)4-13(6-14)24(29,30)31/h2-6,15,17,37H,7,9H2,1H3,(H,33,38)/t15-,17-/m0/s1. The zero-order valence-corrected chi connectivity index (χ0v) is 20.4. The number of likely N-dealkylation sites (tertiary alicyclic amines) is 1. The SMILES string of the molecule is Cc1c(-n2c(O)c3n(c2=O)[C@H]2C[C@@H]3N(C(=O)Nc3cc(C(F)(F)F)cc(C(F)(F)F)c3)C2)ccc(C#N)c1Cl. The molecule has 8 nitrogen and oxygen atoms in total. The smallest absolute Gasteiger partial charge is 0.416 e. The number of amides is 2. The molecule has 2 atom stereocenters. The molecule has 1 fully saturated rings. The fourth-order valence-electron chi connectivity index (χ4n) is 5.11. The summed E-state index contributed by atoms with van der Waals surface area (Å²) in [5.74, 6) is -0.507. The van der Waals surface area contributed by atoms with E-state index in [0.29, 0.717) is 17.7 Å². The first-order valence-corrected chi connectivity index (χ1v) is 11.6. The first-order valence-electron chi connectivity index (χ1n) is 11.3. The summed E-state index contributed by atoms with van der Waals surface area (Å²) >= 11 is 6.21. The Labute approximate surface area is 220 Å². The van der Waals surface area contributed by atoms with Gasteiger partial charge in [-0.3, -0.25) is 4.57 Å². The molecule has 1 saturated heterocycles. The molecule has 5 rings (SSSR count). The highest BCUT2D eigenvalue weighted by Gasteiger charge is 2.49. The van der Waals surface area contributed by atoms with Crippen molar-refractivity contribution in [1.82, 2.24) is 14.0 Å². The maximum absolute atomic E-state index is 13.2. The molecule has 2 aromatic carbocycles. The number of hydrogen-bond donors (Lipinski definition) is 2. The number of nitrogens with zero attached hydrogens (tertiary/aromatic N) is 4. The Balaban J connectivity index is 1.49. The summed E-state index contributed by atoms with van der Waals surface area (Å²) in [7, 11) is 0. The average Bonchev–Trinajstić information content (AvgIpc) is 3.51. The zero-order valence-electron chi connectivity index (χ0n) is 19.7. The van der Waals surface area contributed by atoms with Gasteiger partial charge in [0, 0.05) is 12.2 Å². The van der Waals surface area contributed by atoms with Crippen LogP contribution in [0.5, 0.6) is 5.88 Å². The number of hydrogen-bond acceptors (Lipinski definition) is 4. The Morgan fingerprint density at radius 3 is 2.31 bits per heavy atom. The molecule has 2 N–H and O–H groups in total. The number of carbonyl (C=O) groups excluding carboxylic acids is 1. The number of anilines is 1. The van der Waals surface area contributed by atoms with Crippen molar-refractivity contribution in [2.75, 3.05) is 11.9 Å². The molecule has 3 heterocycles. The van der Waals surface area contributed by atoms with Crippen LogP contribution in [0.15, 0.2) is 35.1 Å². The normalized spacial score (nSPS) is 18.3. The summed E-state index contributed by atoms with van der Waals surface area (Å²) in [6.07, 6.45) is -9.98. The minimum atomic E-state index is -5.09. The third kappa shape index (κ3) is 4.17. The van der Waals surface area contributed by atoms with E-state index in [9.17, 15) is 46.3 Å². The van der Waals surface area contributed by atoms with Crippen LogP contribution in [0.4, 0.5) is 36.8 Å². The van der Waals surface area contributed by atoms with Crippen LogP contribution < -0.4 is 11.0 Å². The number of rotatable bonds is 2. The molecule has 204 valence electrons. The van der Waals surface area contributed by atoms with Crippen molar-refractivity contribution in [1.29, 1.82) is 5.26 Å². The lowest BCUT2D eigenvalue weighted by atomic mass is 10.1. The third-order valence-electron chi connectivity index (χ3n) is 6.88. The minimum Gasteiger partial charge on any atom is -0.493 e. The molecule has 0 aliphatic carbocycles. The van der Waals surface area contributed by atoms with Gasteiger partial charge in [-0.15, -0.1) is 0 Å². The van der Waals surface area contributed by atoms with E-state index >= 15 is 0 Å². The van der Waals surface area contributed by atoms with E-state index in [1.54, 1.807) is 6.92 Å². The fraction of sp³-hybridized carbons (Fsp3) is 0.292. The minimum absolute atomic E-state index is 0.0513. The molecule has 0 saturated carbocycles. The highest BCUT2D eigenvalue weighted by molar-refractivity contribution is 6.32. The number of nitriles is 1. The maximum atomic E-state index is 13.2. The molecule has 15 heteroatoms. The van der Waals surface area contributed by atoms with Crippen LogP contribution in [0.1, 0.15) is 46.5 Å². The van der Waals surface area contributed by atoms with E-state index in [-0.39, 0.29) is 41.0 Å². The van der Waals surface area contributed by atoms with Crippen molar-refractivity contribution in [3.8, 4) is 17.6 Å². The van der Waals surface area contributed by atoms with E-state index in [2.05, 4.69) is 5.32 Å². The van der Waals surface area contributed by atoms with Gasteiger partial charge in [-0.05, 0) is 49.2 Å². The fourth-order valence-corrected chi connectivity index (χ4v) is 5.32. The van der Waals surface area contributed by atoms with Crippen molar-refractivity contribution in [2.45, 2.75) is 37.8 Å². The molecular formula is C24H16ClF6N5O3. The molecule has 1 aromatic heterocycles. The largest absolute Gasteiger partial charge is 0.493 e. The molecular weight excluding hydrogens is 556 g/mol. The molecule has 3 aromatic rings. The van der Waals surface area contributed by atoms with Gasteiger partial charge in [0.2, 0.25) is 5.88 Å². The van der Waals surface area contributed by atoms with Crippen LogP contribution in [-0.2, 0) is 12.4 Å². The molecule has 0 radical (unpaired) electrons. The molecule has 39 heavy (non-hydrogen) atoms. The van der Waals surface area contributed by atoms with Crippen LogP contribution in [0.2, 0.25) is 5.02 Å². The monoisotopic (exact) mass is 571 g/mol.